The van der Waals surface area contributed by atoms with E-state index >= 15 is 0 Å². The maximum atomic E-state index is 12.9. The highest BCUT2D eigenvalue weighted by Crippen LogP contribution is 2.67. The fourth-order valence-corrected chi connectivity index (χ4v) is 4.48. The van der Waals surface area contributed by atoms with E-state index in [1.165, 1.54) is 6.42 Å². The molecule has 2 saturated carbocycles. The van der Waals surface area contributed by atoms with Gasteiger partial charge in [0.15, 0.2) is 5.78 Å². The number of Topliss-reactive ketones (excluding diaryl/α,β-unsaturated/α-hetero) is 1. The van der Waals surface area contributed by atoms with Crippen LogP contribution in [-0.4, -0.2) is 5.78 Å². The average molecular weight is 254 g/mol. The van der Waals surface area contributed by atoms with Crippen LogP contribution in [0.3, 0.4) is 0 Å². The molecule has 0 radical (unpaired) electrons. The average Bonchev–Trinajstić information content (AvgIpc) is 2.75. The largest absolute Gasteiger partial charge is 0.294 e. The fourth-order valence-electron chi connectivity index (χ4n) is 4.48. The van der Waals surface area contributed by atoms with Crippen LogP contribution in [0.4, 0.5) is 0 Å². The Morgan fingerprint density at radius 1 is 1.26 bits per heavy atom. The molecule has 3 rings (SSSR count). The van der Waals surface area contributed by atoms with Crippen molar-refractivity contribution in [3.63, 3.8) is 0 Å². The van der Waals surface area contributed by atoms with Crippen LogP contribution >= 0.6 is 0 Å². The second-order valence-electron chi connectivity index (χ2n) is 6.59. The lowest BCUT2D eigenvalue weighted by Gasteiger charge is -2.34. The summed E-state index contributed by atoms with van der Waals surface area (Å²) < 4.78 is 0. The third-order valence-corrected chi connectivity index (χ3v) is 5.76. The molecule has 100 valence electrons. The van der Waals surface area contributed by atoms with E-state index in [4.69, 9.17) is 0 Å². The number of fused-ring (bicyclic) bond motifs is 2. The molecule has 0 amide bonds. The van der Waals surface area contributed by atoms with Gasteiger partial charge in [-0.2, -0.15) is 0 Å². The van der Waals surface area contributed by atoms with Crippen LogP contribution in [-0.2, 0) is 4.79 Å². The molecule has 0 heterocycles. The van der Waals surface area contributed by atoms with E-state index in [0.717, 1.165) is 24.0 Å². The number of benzene rings is 1. The summed E-state index contributed by atoms with van der Waals surface area (Å²) in [6.07, 6.45) is 5.35. The maximum absolute atomic E-state index is 12.9. The molecular formula is C18H22O. The van der Waals surface area contributed by atoms with Gasteiger partial charge in [0.1, 0.15) is 0 Å². The number of hydrogen-bond donors (Lipinski definition) is 0. The summed E-state index contributed by atoms with van der Waals surface area (Å²) in [7, 11) is 0. The smallest absolute Gasteiger partial charge is 0.165 e. The van der Waals surface area contributed by atoms with Crippen molar-refractivity contribution in [2.75, 3.05) is 0 Å². The lowest BCUT2D eigenvalue weighted by atomic mass is 9.67. The molecule has 0 aromatic heterocycles. The van der Waals surface area contributed by atoms with Crippen molar-refractivity contribution in [2.45, 2.75) is 40.0 Å². The Kier molecular flexibility index (Phi) is 2.70. The van der Waals surface area contributed by atoms with Crippen molar-refractivity contribution in [2.24, 2.45) is 16.7 Å². The van der Waals surface area contributed by atoms with Gasteiger partial charge in [0, 0.05) is 5.41 Å². The standard InChI is InChI=1S/C18H22O/c1-4-18-11-10-15(17(18,2)3)14(16(18)19)12-13-8-6-5-7-9-13/h5-9,12,15H,4,10-11H2,1-3H3. The molecule has 2 bridgehead atoms. The summed E-state index contributed by atoms with van der Waals surface area (Å²) in [5.74, 6) is 0.861. The van der Waals surface area contributed by atoms with Gasteiger partial charge < -0.3 is 0 Å². The second kappa shape index (κ2) is 4.06. The van der Waals surface area contributed by atoms with Crippen molar-refractivity contribution in [1.82, 2.24) is 0 Å². The van der Waals surface area contributed by atoms with Gasteiger partial charge in [-0.3, -0.25) is 4.79 Å². The maximum Gasteiger partial charge on any atom is 0.165 e. The van der Waals surface area contributed by atoms with Crippen molar-refractivity contribution < 1.29 is 4.79 Å². The first-order valence-electron chi connectivity index (χ1n) is 7.34. The SMILES string of the molecule is CCC12CCC(C(=Cc3ccccc3)C1=O)C2(C)C. The number of allylic oxidation sites excluding steroid dienone is 1. The van der Waals surface area contributed by atoms with Crippen LogP contribution in [0.15, 0.2) is 35.9 Å². The van der Waals surface area contributed by atoms with Gasteiger partial charge in [0.2, 0.25) is 0 Å². The molecule has 1 aromatic rings. The highest BCUT2D eigenvalue weighted by atomic mass is 16.1. The Labute approximate surface area is 115 Å². The Morgan fingerprint density at radius 2 is 1.95 bits per heavy atom. The van der Waals surface area contributed by atoms with E-state index in [-0.39, 0.29) is 10.8 Å². The molecule has 2 aliphatic carbocycles. The van der Waals surface area contributed by atoms with Crippen LogP contribution in [0, 0.1) is 16.7 Å². The fraction of sp³-hybridized carbons (Fsp3) is 0.500. The monoisotopic (exact) mass is 254 g/mol. The predicted molar refractivity (Wildman–Crippen MR) is 78.7 cm³/mol. The minimum Gasteiger partial charge on any atom is -0.294 e. The summed E-state index contributed by atoms with van der Waals surface area (Å²) in [4.78, 5) is 12.9. The molecule has 0 spiro atoms. The second-order valence-corrected chi connectivity index (χ2v) is 6.59. The first kappa shape index (κ1) is 12.7. The third-order valence-electron chi connectivity index (χ3n) is 5.76. The Hall–Kier alpha value is -1.37. The van der Waals surface area contributed by atoms with Crippen LogP contribution in [0.1, 0.15) is 45.6 Å². The zero-order valence-corrected chi connectivity index (χ0v) is 12.1. The van der Waals surface area contributed by atoms with Crippen LogP contribution in [0.5, 0.6) is 0 Å². The van der Waals surface area contributed by atoms with Gasteiger partial charge in [-0.15, -0.1) is 0 Å². The quantitative estimate of drug-likeness (QED) is 0.711. The first-order chi connectivity index (χ1) is 9.03. The van der Waals surface area contributed by atoms with Gasteiger partial charge >= 0.3 is 0 Å². The molecule has 1 aromatic carbocycles. The van der Waals surface area contributed by atoms with Gasteiger partial charge in [-0.25, -0.2) is 0 Å². The van der Waals surface area contributed by atoms with E-state index in [0.29, 0.717) is 11.7 Å². The molecular weight excluding hydrogens is 232 g/mol. The van der Waals surface area contributed by atoms with Crippen molar-refractivity contribution in [3.05, 3.63) is 41.5 Å². The van der Waals surface area contributed by atoms with E-state index in [1.54, 1.807) is 0 Å². The number of ketones is 1. The topological polar surface area (TPSA) is 17.1 Å². The minimum absolute atomic E-state index is 0.0989. The van der Waals surface area contributed by atoms with Crippen LogP contribution in [0.2, 0.25) is 0 Å². The zero-order chi connectivity index (χ0) is 13.7. The molecule has 0 saturated heterocycles. The predicted octanol–water partition coefficient (Wildman–Crippen LogP) is 4.49. The van der Waals surface area contributed by atoms with Gasteiger partial charge in [0.05, 0.1) is 0 Å². The number of rotatable bonds is 2. The molecule has 0 N–H and O–H groups in total. The number of carbonyl (C=O) groups excluding carboxylic acids is 1. The van der Waals surface area contributed by atoms with Crippen molar-refractivity contribution in [3.8, 4) is 0 Å². The molecule has 1 nitrogen and oxygen atoms in total. The summed E-state index contributed by atoms with van der Waals surface area (Å²) in [6.45, 7) is 6.75. The van der Waals surface area contributed by atoms with E-state index in [9.17, 15) is 4.79 Å². The zero-order valence-electron chi connectivity index (χ0n) is 12.1. The molecule has 1 heteroatoms. The van der Waals surface area contributed by atoms with Gasteiger partial charge in [-0.1, -0.05) is 51.1 Å². The van der Waals surface area contributed by atoms with Crippen LogP contribution < -0.4 is 0 Å². The number of hydrogen-bond acceptors (Lipinski definition) is 1. The molecule has 0 aliphatic heterocycles. The van der Waals surface area contributed by atoms with E-state index in [2.05, 4.69) is 39.0 Å². The van der Waals surface area contributed by atoms with Gasteiger partial charge in [-0.05, 0) is 47.8 Å². The molecule has 2 aliphatic rings. The highest BCUT2D eigenvalue weighted by Gasteiger charge is 2.65. The number of carbonyl (C=O) groups is 1. The van der Waals surface area contributed by atoms with Crippen LogP contribution in [0.25, 0.3) is 6.08 Å². The Balaban J connectivity index is 2.07. The molecule has 2 fully saturated rings. The summed E-state index contributed by atoms with van der Waals surface area (Å²) in [6, 6.07) is 10.2. The Bertz CT molecular complexity index is 538. The first-order valence-corrected chi connectivity index (χ1v) is 7.34. The summed E-state index contributed by atoms with van der Waals surface area (Å²) in [5, 5.41) is 0. The highest BCUT2D eigenvalue weighted by molar-refractivity contribution is 6.08. The molecule has 19 heavy (non-hydrogen) atoms. The normalized spacial score (nSPS) is 34.2. The Morgan fingerprint density at radius 3 is 2.53 bits per heavy atom. The summed E-state index contributed by atoms with van der Waals surface area (Å²) in [5.41, 5.74) is 2.25. The lowest BCUT2D eigenvalue weighted by molar-refractivity contribution is -0.126. The van der Waals surface area contributed by atoms with Crippen molar-refractivity contribution >= 4 is 11.9 Å². The summed E-state index contributed by atoms with van der Waals surface area (Å²) >= 11 is 0. The lowest BCUT2D eigenvalue weighted by Crippen LogP contribution is -2.35. The van der Waals surface area contributed by atoms with E-state index < -0.39 is 0 Å². The molecule has 2 unspecified atom stereocenters. The molecule has 2 atom stereocenters. The van der Waals surface area contributed by atoms with Gasteiger partial charge in [0.25, 0.3) is 0 Å². The minimum atomic E-state index is -0.0989. The third kappa shape index (κ3) is 1.51. The van der Waals surface area contributed by atoms with Crippen molar-refractivity contribution in [1.29, 1.82) is 0 Å². The van der Waals surface area contributed by atoms with E-state index in [1.807, 2.05) is 18.2 Å².